The zero-order valence-electron chi connectivity index (χ0n) is 22.9. The quantitative estimate of drug-likeness (QED) is 0.511. The third kappa shape index (κ3) is 5.14. The molecule has 0 unspecified atom stereocenters. The maximum Gasteiger partial charge on any atom is 0.219 e. The Labute approximate surface area is 215 Å². The lowest BCUT2D eigenvalue weighted by Gasteiger charge is -2.38. The minimum atomic E-state index is -0.237. The van der Waals surface area contributed by atoms with Gasteiger partial charge in [-0.15, -0.1) is 10.2 Å². The summed E-state index contributed by atoms with van der Waals surface area (Å²) in [6.45, 7) is 13.8. The van der Waals surface area contributed by atoms with Gasteiger partial charge in [0.2, 0.25) is 5.91 Å². The minimum absolute atomic E-state index is 0.0311. The summed E-state index contributed by atoms with van der Waals surface area (Å²) in [5, 5.41) is 9.49. The van der Waals surface area contributed by atoms with Gasteiger partial charge in [0.25, 0.3) is 0 Å². The largest absolute Gasteiger partial charge is 0.341 e. The fourth-order valence-electron chi connectivity index (χ4n) is 6.55. The number of Topliss-reactive ketones (excluding diaryl/α,β-unsaturated/α-hetero) is 1. The Balaban J connectivity index is 1.39. The summed E-state index contributed by atoms with van der Waals surface area (Å²) in [7, 11) is 0. The minimum Gasteiger partial charge on any atom is -0.341 e. The molecule has 3 fully saturated rings. The molecule has 36 heavy (non-hydrogen) atoms. The van der Waals surface area contributed by atoms with Crippen LogP contribution in [0.5, 0.6) is 0 Å². The van der Waals surface area contributed by atoms with E-state index >= 15 is 0 Å². The van der Waals surface area contributed by atoms with Gasteiger partial charge in [-0.05, 0) is 68.4 Å². The fourth-order valence-corrected chi connectivity index (χ4v) is 6.55. The van der Waals surface area contributed by atoms with Gasteiger partial charge >= 0.3 is 0 Å². The Morgan fingerprint density at radius 2 is 1.72 bits per heavy atom. The van der Waals surface area contributed by atoms with Crippen molar-refractivity contribution in [2.24, 2.45) is 17.3 Å². The maximum atomic E-state index is 13.7. The molecule has 194 valence electrons. The van der Waals surface area contributed by atoms with E-state index in [0.29, 0.717) is 36.9 Å². The molecule has 2 saturated carbocycles. The second-order valence-corrected chi connectivity index (χ2v) is 13.0. The number of carbonyl (C=O) groups is 2. The molecule has 6 nitrogen and oxygen atoms in total. The molecule has 1 amide bonds. The molecule has 1 saturated heterocycles. The number of hydrogen-bond acceptors (Lipinski definition) is 4. The van der Waals surface area contributed by atoms with E-state index in [9.17, 15) is 9.59 Å². The summed E-state index contributed by atoms with van der Waals surface area (Å²) in [6.07, 6.45) is 6.32. The number of rotatable bonds is 7. The molecule has 0 bridgehead atoms. The molecular weight excluding hydrogens is 448 g/mol. The van der Waals surface area contributed by atoms with Crippen LogP contribution in [-0.4, -0.2) is 44.4 Å². The van der Waals surface area contributed by atoms with E-state index in [1.807, 2.05) is 4.90 Å². The molecule has 2 aliphatic carbocycles. The van der Waals surface area contributed by atoms with Gasteiger partial charge in [0.05, 0.1) is 0 Å². The van der Waals surface area contributed by atoms with E-state index < -0.39 is 0 Å². The molecule has 2 aromatic rings. The van der Waals surface area contributed by atoms with Crippen molar-refractivity contribution in [3.05, 3.63) is 46.5 Å². The average Bonchev–Trinajstić information content (AvgIpc) is 3.34. The number of hydrogen-bond donors (Lipinski definition) is 0. The lowest BCUT2D eigenvalue weighted by molar-refractivity contribution is -0.128. The van der Waals surface area contributed by atoms with Crippen molar-refractivity contribution in [2.75, 3.05) is 13.1 Å². The predicted octanol–water partition coefficient (Wildman–Crippen LogP) is 5.53. The highest BCUT2D eigenvalue weighted by atomic mass is 16.2. The van der Waals surface area contributed by atoms with Gasteiger partial charge < -0.3 is 9.47 Å². The summed E-state index contributed by atoms with van der Waals surface area (Å²) in [6, 6.07) is 6.74. The van der Waals surface area contributed by atoms with Crippen LogP contribution in [0.2, 0.25) is 0 Å². The Kier molecular flexibility index (Phi) is 6.59. The van der Waals surface area contributed by atoms with Crippen molar-refractivity contribution in [1.82, 2.24) is 19.7 Å². The number of aryl methyl sites for hydroxylation is 2. The van der Waals surface area contributed by atoms with Crippen molar-refractivity contribution in [1.29, 1.82) is 0 Å². The van der Waals surface area contributed by atoms with Crippen molar-refractivity contribution in [3.8, 4) is 0 Å². The van der Waals surface area contributed by atoms with Crippen LogP contribution in [0.1, 0.15) is 106 Å². The standard InChI is InChI=1S/C30H42N4O2/c1-18-7-8-22(19(2)11-18)14-27(36)25-16-33(20(3)35)17-26(25)29-32-31-28(34(29)24-9-10-24)23-12-21(13-23)15-30(4,5)6/h7-8,11,21,23-26H,9-10,12-17H2,1-6H3/t21?,23?,25-,26-/m1/s1. The number of aromatic nitrogens is 3. The zero-order valence-corrected chi connectivity index (χ0v) is 22.9. The predicted molar refractivity (Wildman–Crippen MR) is 141 cm³/mol. The number of benzene rings is 1. The third-order valence-corrected chi connectivity index (χ3v) is 8.54. The second kappa shape index (κ2) is 9.42. The topological polar surface area (TPSA) is 68.1 Å². The molecule has 1 aliphatic heterocycles. The first-order valence-corrected chi connectivity index (χ1v) is 13.8. The molecule has 0 spiro atoms. The Morgan fingerprint density at radius 1 is 1.03 bits per heavy atom. The summed E-state index contributed by atoms with van der Waals surface area (Å²) >= 11 is 0. The van der Waals surface area contributed by atoms with E-state index in [-0.39, 0.29) is 23.5 Å². The van der Waals surface area contributed by atoms with Gasteiger partial charge in [-0.1, -0.05) is 44.5 Å². The number of ketones is 1. The highest BCUT2D eigenvalue weighted by Gasteiger charge is 2.45. The average molecular weight is 491 g/mol. The third-order valence-electron chi connectivity index (χ3n) is 8.54. The van der Waals surface area contributed by atoms with Gasteiger partial charge in [-0.25, -0.2) is 0 Å². The zero-order chi connectivity index (χ0) is 25.8. The van der Waals surface area contributed by atoms with E-state index in [0.717, 1.165) is 41.5 Å². The highest BCUT2D eigenvalue weighted by molar-refractivity contribution is 5.86. The highest BCUT2D eigenvalue weighted by Crippen LogP contribution is 2.49. The van der Waals surface area contributed by atoms with Crippen LogP contribution in [0.4, 0.5) is 0 Å². The normalized spacial score (nSPS) is 26.2. The van der Waals surface area contributed by atoms with Crippen molar-refractivity contribution >= 4 is 11.7 Å². The molecule has 1 aromatic carbocycles. The van der Waals surface area contributed by atoms with Crippen LogP contribution in [-0.2, 0) is 16.0 Å². The molecule has 5 rings (SSSR count). The molecule has 2 atom stereocenters. The molecule has 6 heteroatoms. The monoisotopic (exact) mass is 490 g/mol. The smallest absolute Gasteiger partial charge is 0.219 e. The van der Waals surface area contributed by atoms with E-state index in [1.165, 1.54) is 24.8 Å². The van der Waals surface area contributed by atoms with Crippen LogP contribution >= 0.6 is 0 Å². The van der Waals surface area contributed by atoms with Gasteiger partial charge in [-0.3, -0.25) is 9.59 Å². The first-order valence-electron chi connectivity index (χ1n) is 13.8. The summed E-state index contributed by atoms with van der Waals surface area (Å²) in [5.41, 5.74) is 3.79. The molecule has 0 N–H and O–H groups in total. The van der Waals surface area contributed by atoms with Crippen molar-refractivity contribution < 1.29 is 9.59 Å². The number of likely N-dealkylation sites (tertiary alicyclic amines) is 1. The van der Waals surface area contributed by atoms with Crippen LogP contribution in [0, 0.1) is 31.1 Å². The summed E-state index contributed by atoms with van der Waals surface area (Å²) in [4.78, 5) is 27.9. The lowest BCUT2D eigenvalue weighted by Crippen LogP contribution is -2.29. The lowest BCUT2D eigenvalue weighted by atomic mass is 9.68. The fraction of sp³-hybridized carbons (Fsp3) is 0.667. The molecule has 1 aromatic heterocycles. The molecule has 3 aliphatic rings. The molecular formula is C30H42N4O2. The molecule has 2 heterocycles. The SMILES string of the molecule is CC(=O)N1C[C@@H](C(=O)Cc2ccc(C)cc2C)[C@H](c2nnc(C3CC(CC(C)(C)C)C3)n2C2CC2)C1. The molecule has 0 radical (unpaired) electrons. The maximum absolute atomic E-state index is 13.7. The Hall–Kier alpha value is -2.50. The van der Waals surface area contributed by atoms with Crippen LogP contribution in [0.3, 0.4) is 0 Å². The van der Waals surface area contributed by atoms with Crippen molar-refractivity contribution in [2.45, 2.75) is 97.9 Å². The van der Waals surface area contributed by atoms with Gasteiger partial charge in [0.1, 0.15) is 17.4 Å². The summed E-state index contributed by atoms with van der Waals surface area (Å²) in [5.74, 6) is 3.20. The first kappa shape index (κ1) is 25.2. The first-order chi connectivity index (χ1) is 17.0. The Morgan fingerprint density at radius 3 is 2.33 bits per heavy atom. The van der Waals surface area contributed by atoms with Crippen molar-refractivity contribution in [3.63, 3.8) is 0 Å². The van der Waals surface area contributed by atoms with Gasteiger partial charge in [-0.2, -0.15) is 0 Å². The second-order valence-electron chi connectivity index (χ2n) is 13.0. The van der Waals surface area contributed by atoms with Crippen LogP contribution in [0.15, 0.2) is 18.2 Å². The Bertz CT molecular complexity index is 1150. The number of amides is 1. The van der Waals surface area contributed by atoms with E-state index in [4.69, 9.17) is 10.2 Å². The number of nitrogens with zero attached hydrogens (tertiary/aromatic N) is 4. The van der Waals surface area contributed by atoms with Crippen LogP contribution in [0.25, 0.3) is 0 Å². The number of carbonyl (C=O) groups excluding carboxylic acids is 2. The van der Waals surface area contributed by atoms with Gasteiger partial charge in [0.15, 0.2) is 0 Å². The van der Waals surface area contributed by atoms with Gasteiger partial charge in [0, 0.05) is 50.2 Å². The summed E-state index contributed by atoms with van der Waals surface area (Å²) < 4.78 is 2.39. The van der Waals surface area contributed by atoms with Crippen LogP contribution < -0.4 is 0 Å². The van der Waals surface area contributed by atoms with E-state index in [2.05, 4.69) is 57.4 Å². The van der Waals surface area contributed by atoms with E-state index in [1.54, 1.807) is 6.92 Å².